The summed E-state index contributed by atoms with van der Waals surface area (Å²) in [5.74, 6) is -1.71. The van der Waals surface area contributed by atoms with Gasteiger partial charge in [0.1, 0.15) is 6.33 Å². The fourth-order valence-corrected chi connectivity index (χ4v) is 0.823. The predicted molar refractivity (Wildman–Crippen MR) is 37.2 cm³/mol. The van der Waals surface area contributed by atoms with Crippen molar-refractivity contribution in [1.29, 1.82) is 0 Å². The Bertz CT molecular complexity index is 286. The number of aromatic nitrogens is 3. The van der Waals surface area contributed by atoms with E-state index in [9.17, 15) is 9.18 Å². The maximum absolute atomic E-state index is 12.8. The third-order valence-corrected chi connectivity index (χ3v) is 1.39. The van der Waals surface area contributed by atoms with Crippen LogP contribution in [0.1, 0.15) is 18.9 Å². The maximum Gasteiger partial charge on any atom is 0.346 e. The lowest BCUT2D eigenvalue weighted by Crippen LogP contribution is -2.13. The Morgan fingerprint density at radius 1 is 1.92 bits per heavy atom. The number of nitrogens with zero attached hydrogens (tertiary/aromatic N) is 3. The highest BCUT2D eigenvalue weighted by Gasteiger charge is 2.23. The summed E-state index contributed by atoms with van der Waals surface area (Å²) in [5.41, 5.74) is 0. The van der Waals surface area contributed by atoms with Crippen molar-refractivity contribution in [3.8, 4) is 0 Å². The zero-order valence-corrected chi connectivity index (χ0v) is 6.44. The summed E-state index contributed by atoms with van der Waals surface area (Å²) in [7, 11) is 0. The van der Waals surface area contributed by atoms with Crippen LogP contribution in [0.25, 0.3) is 0 Å². The van der Waals surface area contributed by atoms with Crippen molar-refractivity contribution in [2.45, 2.75) is 19.6 Å². The van der Waals surface area contributed by atoms with Gasteiger partial charge in [0, 0.05) is 6.54 Å². The standard InChI is InChI=1S/C6H8FN3O2/c1-2-10-5(8-3-9-10)4(7)6(11)12/h3-4H,2H2,1H3,(H,11,12). The lowest BCUT2D eigenvalue weighted by Gasteiger charge is -2.02. The van der Waals surface area contributed by atoms with E-state index in [0.717, 1.165) is 6.33 Å². The Morgan fingerprint density at radius 3 is 3.08 bits per heavy atom. The molecule has 1 aromatic heterocycles. The molecule has 1 N–H and O–H groups in total. The van der Waals surface area contributed by atoms with E-state index in [0.29, 0.717) is 6.54 Å². The van der Waals surface area contributed by atoms with Crippen LogP contribution in [0, 0.1) is 0 Å². The van der Waals surface area contributed by atoms with E-state index in [1.54, 1.807) is 6.92 Å². The molecule has 0 saturated carbocycles. The van der Waals surface area contributed by atoms with Crippen LogP contribution in [0.15, 0.2) is 6.33 Å². The van der Waals surface area contributed by atoms with Crippen LogP contribution in [0.2, 0.25) is 0 Å². The Hall–Kier alpha value is -1.46. The van der Waals surface area contributed by atoms with Crippen LogP contribution in [-0.4, -0.2) is 25.8 Å². The molecule has 1 unspecified atom stereocenters. The lowest BCUT2D eigenvalue weighted by atomic mass is 10.4. The van der Waals surface area contributed by atoms with Crippen LogP contribution in [0.4, 0.5) is 4.39 Å². The van der Waals surface area contributed by atoms with Gasteiger partial charge in [-0.05, 0) is 6.92 Å². The molecule has 1 aromatic rings. The van der Waals surface area contributed by atoms with Crippen LogP contribution < -0.4 is 0 Å². The number of rotatable bonds is 3. The van der Waals surface area contributed by atoms with Gasteiger partial charge >= 0.3 is 5.97 Å². The van der Waals surface area contributed by atoms with Crippen LogP contribution in [0.5, 0.6) is 0 Å². The van der Waals surface area contributed by atoms with Crippen molar-refractivity contribution >= 4 is 5.97 Å². The average molecular weight is 173 g/mol. The molecule has 1 heterocycles. The number of halogens is 1. The van der Waals surface area contributed by atoms with E-state index < -0.39 is 12.1 Å². The molecule has 5 nitrogen and oxygen atoms in total. The minimum Gasteiger partial charge on any atom is -0.479 e. The second kappa shape index (κ2) is 3.29. The molecule has 6 heteroatoms. The largest absolute Gasteiger partial charge is 0.479 e. The summed E-state index contributed by atoms with van der Waals surface area (Å²) < 4.78 is 14.0. The van der Waals surface area contributed by atoms with Gasteiger partial charge in [-0.2, -0.15) is 5.10 Å². The number of hydrogen-bond acceptors (Lipinski definition) is 3. The van der Waals surface area contributed by atoms with E-state index in [-0.39, 0.29) is 5.82 Å². The summed E-state index contributed by atoms with van der Waals surface area (Å²) >= 11 is 0. The van der Waals surface area contributed by atoms with Gasteiger partial charge in [0.2, 0.25) is 0 Å². The van der Waals surface area contributed by atoms with Crippen molar-refractivity contribution in [1.82, 2.24) is 14.8 Å². The molecule has 0 amide bonds. The minimum absolute atomic E-state index is 0.162. The maximum atomic E-state index is 12.8. The molecule has 0 radical (unpaired) electrons. The Labute approximate surface area is 67.8 Å². The summed E-state index contributed by atoms with van der Waals surface area (Å²) in [4.78, 5) is 13.7. The minimum atomic E-state index is -2.09. The molecule has 0 bridgehead atoms. The highest BCUT2D eigenvalue weighted by atomic mass is 19.1. The zero-order valence-electron chi connectivity index (χ0n) is 6.44. The molecule has 1 atom stereocenters. The zero-order chi connectivity index (χ0) is 9.14. The van der Waals surface area contributed by atoms with Gasteiger partial charge in [0.25, 0.3) is 6.17 Å². The summed E-state index contributed by atoms with van der Waals surface area (Å²) in [6.45, 7) is 2.13. The van der Waals surface area contributed by atoms with E-state index in [2.05, 4.69) is 10.1 Å². The number of aryl methyl sites for hydroxylation is 1. The number of aliphatic carboxylic acids is 1. The van der Waals surface area contributed by atoms with Gasteiger partial charge in [0.05, 0.1) is 0 Å². The molecule has 0 saturated heterocycles. The molecule has 0 aromatic carbocycles. The van der Waals surface area contributed by atoms with E-state index >= 15 is 0 Å². The quantitative estimate of drug-likeness (QED) is 0.718. The number of hydrogen-bond donors (Lipinski definition) is 1. The van der Waals surface area contributed by atoms with Crippen molar-refractivity contribution < 1.29 is 14.3 Å². The highest BCUT2D eigenvalue weighted by Crippen LogP contribution is 2.13. The van der Waals surface area contributed by atoms with Crippen LogP contribution in [-0.2, 0) is 11.3 Å². The SMILES string of the molecule is CCn1ncnc1C(F)C(=O)O. The van der Waals surface area contributed by atoms with E-state index in [1.165, 1.54) is 4.68 Å². The molecule has 0 aliphatic heterocycles. The van der Waals surface area contributed by atoms with Crippen LogP contribution in [0.3, 0.4) is 0 Å². The Morgan fingerprint density at radius 2 is 2.58 bits per heavy atom. The van der Waals surface area contributed by atoms with Gasteiger partial charge in [-0.3, -0.25) is 0 Å². The predicted octanol–water partition coefficient (Wildman–Crippen LogP) is 0.393. The fraction of sp³-hybridized carbons (Fsp3) is 0.500. The normalized spacial score (nSPS) is 12.8. The number of carbonyl (C=O) groups is 1. The molecule has 0 spiro atoms. The highest BCUT2D eigenvalue weighted by molar-refractivity contribution is 5.72. The summed E-state index contributed by atoms with van der Waals surface area (Å²) in [6.07, 6.45) is -0.957. The Balaban J connectivity index is 2.93. The number of carboxylic acid groups (broad SMARTS) is 1. The smallest absolute Gasteiger partial charge is 0.346 e. The van der Waals surface area contributed by atoms with Crippen molar-refractivity contribution in [3.63, 3.8) is 0 Å². The van der Waals surface area contributed by atoms with Crippen molar-refractivity contribution in [2.75, 3.05) is 0 Å². The van der Waals surface area contributed by atoms with Crippen molar-refractivity contribution in [2.24, 2.45) is 0 Å². The first-order valence-corrected chi connectivity index (χ1v) is 3.41. The number of carboxylic acids is 1. The van der Waals surface area contributed by atoms with Gasteiger partial charge in [0.15, 0.2) is 5.82 Å². The second-order valence-electron chi connectivity index (χ2n) is 2.13. The Kier molecular flexibility index (Phi) is 2.37. The molecule has 1 rings (SSSR count). The van der Waals surface area contributed by atoms with Gasteiger partial charge in [-0.1, -0.05) is 0 Å². The first-order valence-electron chi connectivity index (χ1n) is 3.41. The molecular weight excluding hydrogens is 165 g/mol. The first kappa shape index (κ1) is 8.63. The third-order valence-electron chi connectivity index (χ3n) is 1.39. The third kappa shape index (κ3) is 1.41. The second-order valence-corrected chi connectivity index (χ2v) is 2.13. The van der Waals surface area contributed by atoms with Crippen molar-refractivity contribution in [3.05, 3.63) is 12.2 Å². The molecule has 66 valence electrons. The monoisotopic (exact) mass is 173 g/mol. The molecule has 0 aliphatic carbocycles. The van der Waals surface area contributed by atoms with Crippen LogP contribution >= 0.6 is 0 Å². The fourth-order valence-electron chi connectivity index (χ4n) is 0.823. The van der Waals surface area contributed by atoms with Gasteiger partial charge < -0.3 is 5.11 Å². The molecular formula is C6H8FN3O2. The number of alkyl halides is 1. The molecule has 0 fully saturated rings. The topological polar surface area (TPSA) is 68.0 Å². The first-order chi connectivity index (χ1) is 5.66. The average Bonchev–Trinajstić information content (AvgIpc) is 2.49. The van der Waals surface area contributed by atoms with Gasteiger partial charge in [-0.15, -0.1) is 0 Å². The summed E-state index contributed by atoms with van der Waals surface area (Å²) in [6, 6.07) is 0. The lowest BCUT2D eigenvalue weighted by molar-refractivity contribution is -0.143. The van der Waals surface area contributed by atoms with E-state index in [1.807, 2.05) is 0 Å². The summed E-state index contributed by atoms with van der Waals surface area (Å²) in [5, 5.41) is 12.0. The van der Waals surface area contributed by atoms with E-state index in [4.69, 9.17) is 5.11 Å². The molecule has 12 heavy (non-hydrogen) atoms. The van der Waals surface area contributed by atoms with Gasteiger partial charge in [-0.25, -0.2) is 18.9 Å². The molecule has 0 aliphatic rings.